The van der Waals surface area contributed by atoms with Crippen LogP contribution in [0.5, 0.6) is 5.75 Å². The van der Waals surface area contributed by atoms with Gasteiger partial charge >= 0.3 is 5.97 Å². The molecule has 354 valence electrons. The molecule has 0 atom stereocenters. The molecule has 0 fully saturated rings. The molecule has 0 saturated carbocycles. The van der Waals surface area contributed by atoms with Gasteiger partial charge in [0, 0.05) is 5.56 Å². The lowest BCUT2D eigenvalue weighted by molar-refractivity contribution is -0.689. The maximum Gasteiger partial charge on any atom is 0.368 e. The summed E-state index contributed by atoms with van der Waals surface area (Å²) in [4.78, 5) is 16.4. The zero-order valence-corrected chi connectivity index (χ0v) is 33.0. The number of esters is 1. The molecule has 0 radical (unpaired) electrons. The molecular weight excluding hydrogens is 967 g/mol. The Balaban J connectivity index is 0.000000276. The normalized spacial score (nSPS) is 11.4. The third kappa shape index (κ3) is 8.22. The highest BCUT2D eigenvalue weighted by atomic mass is 19.2. The molecular formula is C43H17BF20N2O2. The maximum atomic E-state index is 15.4. The van der Waals surface area contributed by atoms with Crippen molar-refractivity contribution in [1.82, 2.24) is 4.98 Å². The van der Waals surface area contributed by atoms with Crippen molar-refractivity contribution in [2.75, 3.05) is 0 Å². The number of aromatic nitrogens is 2. The summed E-state index contributed by atoms with van der Waals surface area (Å²) in [6.07, 6.45) is -2.08. The molecule has 0 spiro atoms. The molecule has 1 aromatic heterocycles. The molecule has 0 aliphatic carbocycles. The Bertz CT molecular complexity index is 2790. The number of hydrogen-bond donors (Lipinski definition) is 0. The SMILES string of the molecule is Cc1ccccc1OC(=O)c1c[n+](Cc2ccccc2)ccn1.Fc1c(F)c(F)c([B-](c2c(F)c(F)c(F)c(F)c2F)(c2c(F)c(F)c(F)c(F)c2F)c2c(F)c(F)c(F)c(F)c2F)c(F)c1F. The smallest absolute Gasteiger partial charge is 0.368 e. The Morgan fingerprint density at radius 3 is 1.10 bits per heavy atom. The van der Waals surface area contributed by atoms with E-state index in [-0.39, 0.29) is 5.69 Å². The van der Waals surface area contributed by atoms with Crippen LogP contribution in [0.2, 0.25) is 0 Å². The Labute approximate surface area is 366 Å². The van der Waals surface area contributed by atoms with E-state index in [2.05, 4.69) is 4.98 Å². The summed E-state index contributed by atoms with van der Waals surface area (Å²) < 4.78 is 301. The Morgan fingerprint density at radius 2 is 0.765 bits per heavy atom. The quantitative estimate of drug-likeness (QED) is 0.0291. The lowest BCUT2D eigenvalue weighted by atomic mass is 9.12. The fourth-order valence-corrected chi connectivity index (χ4v) is 7.13. The zero-order chi connectivity index (χ0) is 50.4. The van der Waals surface area contributed by atoms with Crippen LogP contribution in [-0.2, 0) is 6.54 Å². The minimum atomic E-state index is -7.22. The number of carbonyl (C=O) groups is 1. The van der Waals surface area contributed by atoms with E-state index in [1.807, 2.05) is 66.2 Å². The highest BCUT2D eigenvalue weighted by Crippen LogP contribution is 2.31. The lowest BCUT2D eigenvalue weighted by Gasteiger charge is -2.44. The molecule has 4 nitrogen and oxygen atoms in total. The van der Waals surface area contributed by atoms with E-state index in [4.69, 9.17) is 4.74 Å². The van der Waals surface area contributed by atoms with Crippen LogP contribution in [-0.4, -0.2) is 17.1 Å². The number of benzene rings is 6. The third-order valence-electron chi connectivity index (χ3n) is 10.2. The van der Waals surface area contributed by atoms with Crippen LogP contribution in [0.4, 0.5) is 87.8 Å². The summed E-state index contributed by atoms with van der Waals surface area (Å²) in [6.45, 7) is 2.57. The predicted molar refractivity (Wildman–Crippen MR) is 195 cm³/mol. The summed E-state index contributed by atoms with van der Waals surface area (Å²) in [5, 5.41) is 0. The van der Waals surface area contributed by atoms with E-state index in [0.717, 1.165) is 11.1 Å². The van der Waals surface area contributed by atoms with Crippen LogP contribution in [0, 0.1) is 123 Å². The molecule has 0 bridgehead atoms. The number of hydrogen-bond acceptors (Lipinski definition) is 3. The van der Waals surface area contributed by atoms with Gasteiger partial charge in [0.05, 0.1) is 6.20 Å². The van der Waals surface area contributed by atoms with Gasteiger partial charge in [0.2, 0.25) is 11.9 Å². The van der Waals surface area contributed by atoms with E-state index in [0.29, 0.717) is 12.3 Å². The molecule has 0 amide bonds. The van der Waals surface area contributed by atoms with Crippen molar-refractivity contribution in [2.24, 2.45) is 0 Å². The number of ether oxygens (including phenoxy) is 1. The summed E-state index contributed by atoms with van der Waals surface area (Å²) in [7, 11) is 0. The van der Waals surface area contributed by atoms with Crippen molar-refractivity contribution < 1.29 is 102 Å². The minimum Gasteiger partial charge on any atom is -0.421 e. The summed E-state index contributed by atoms with van der Waals surface area (Å²) >= 11 is 0. The number of rotatable bonds is 8. The fourth-order valence-electron chi connectivity index (χ4n) is 7.13. The monoisotopic (exact) mass is 984 g/mol. The Morgan fingerprint density at radius 1 is 0.456 bits per heavy atom. The topological polar surface area (TPSA) is 43.1 Å². The molecule has 6 aromatic carbocycles. The molecule has 0 saturated heterocycles. The van der Waals surface area contributed by atoms with Gasteiger partial charge in [-0.3, -0.25) is 0 Å². The van der Waals surface area contributed by atoms with Crippen molar-refractivity contribution >= 4 is 34.0 Å². The van der Waals surface area contributed by atoms with Crippen LogP contribution in [0.15, 0.2) is 73.2 Å². The number of halogens is 20. The summed E-state index contributed by atoms with van der Waals surface area (Å²) in [5.41, 5.74) is -12.0. The van der Waals surface area contributed by atoms with E-state index in [9.17, 15) is 57.5 Å². The number of carbonyl (C=O) groups excluding carboxylic acids is 1. The molecule has 1 heterocycles. The Kier molecular flexibility index (Phi) is 14.0. The second-order valence-electron chi connectivity index (χ2n) is 14.1. The van der Waals surface area contributed by atoms with E-state index >= 15 is 35.1 Å². The van der Waals surface area contributed by atoms with Crippen molar-refractivity contribution in [2.45, 2.75) is 13.5 Å². The van der Waals surface area contributed by atoms with Gasteiger partial charge < -0.3 is 4.74 Å². The third-order valence-corrected chi connectivity index (χ3v) is 10.2. The lowest BCUT2D eigenvalue weighted by Crippen LogP contribution is -2.81. The van der Waals surface area contributed by atoms with Gasteiger partial charge in [-0.1, -0.05) is 48.5 Å². The van der Waals surface area contributed by atoms with Crippen LogP contribution in [0.25, 0.3) is 0 Å². The summed E-state index contributed by atoms with van der Waals surface area (Å²) in [5.74, 6) is -71.3. The minimum absolute atomic E-state index is 0.284. The molecule has 0 N–H and O–H groups in total. The largest absolute Gasteiger partial charge is 0.421 e. The first-order chi connectivity index (χ1) is 31.9. The van der Waals surface area contributed by atoms with Crippen LogP contribution in [0.3, 0.4) is 0 Å². The predicted octanol–water partition coefficient (Wildman–Crippen LogP) is 8.79. The molecule has 0 unspecified atom stereocenters. The first-order valence-corrected chi connectivity index (χ1v) is 18.3. The van der Waals surface area contributed by atoms with Gasteiger partial charge in [-0.25, -0.2) is 97.6 Å². The van der Waals surface area contributed by atoms with Gasteiger partial charge in [-0.05, 0) is 18.6 Å². The van der Waals surface area contributed by atoms with Crippen molar-refractivity contribution in [3.63, 3.8) is 0 Å². The van der Waals surface area contributed by atoms with Crippen molar-refractivity contribution in [3.05, 3.63) is 206 Å². The van der Waals surface area contributed by atoms with Gasteiger partial charge in [-0.2, -0.15) is 4.57 Å². The number of para-hydroxylation sites is 1. The highest BCUT2D eigenvalue weighted by Gasteiger charge is 2.52. The van der Waals surface area contributed by atoms with Crippen molar-refractivity contribution in [1.29, 1.82) is 0 Å². The zero-order valence-electron chi connectivity index (χ0n) is 33.0. The molecule has 7 aromatic rings. The molecule has 25 heteroatoms. The average Bonchev–Trinajstić information content (AvgIpc) is 3.32. The maximum absolute atomic E-state index is 15.4. The second-order valence-corrected chi connectivity index (χ2v) is 14.1. The van der Waals surface area contributed by atoms with Gasteiger partial charge in [-0.15, -0.1) is 21.9 Å². The second kappa shape index (κ2) is 19.0. The first kappa shape index (κ1) is 50.0. The molecule has 7 rings (SSSR count). The number of aryl methyl sites for hydroxylation is 1. The van der Waals surface area contributed by atoms with Crippen LogP contribution >= 0.6 is 0 Å². The van der Waals surface area contributed by atoms with E-state index in [1.54, 1.807) is 18.5 Å². The van der Waals surface area contributed by atoms with Gasteiger partial charge in [0.25, 0.3) is 0 Å². The standard InChI is InChI=1S/C24BF20.C19H17N2O2/c26-5-1(6(27)14(35)21(42)13(5)34)25(2-7(28)15(36)22(43)16(37)8(2)29,3-9(30)17(38)23(44)18(39)10(3)31)4-11(32)19(40)24(45)20(41)12(4)33;1-15-7-5-6-10-18(15)23-19(22)17-14-21(12-11-20-17)13-16-8-3-2-4-9-16/h;2-12,14H,13H2,1H3/q-1;+1. The van der Waals surface area contributed by atoms with Gasteiger partial charge in [0.15, 0.2) is 82.5 Å². The van der Waals surface area contributed by atoms with E-state index in [1.165, 1.54) is 0 Å². The van der Waals surface area contributed by atoms with Crippen LogP contribution in [0.1, 0.15) is 21.6 Å². The van der Waals surface area contributed by atoms with Gasteiger partial charge in [0.1, 0.15) is 58.4 Å². The highest BCUT2D eigenvalue weighted by molar-refractivity contribution is 7.20. The number of nitrogens with zero attached hydrogens (tertiary/aromatic N) is 2. The van der Waals surface area contributed by atoms with E-state index < -0.39 is 150 Å². The fraction of sp³-hybridized carbons (Fsp3) is 0.0465. The van der Waals surface area contributed by atoms with Crippen LogP contribution < -0.4 is 31.2 Å². The molecule has 0 aliphatic rings. The molecule has 0 aliphatic heterocycles. The first-order valence-electron chi connectivity index (χ1n) is 18.3. The summed E-state index contributed by atoms with van der Waals surface area (Å²) in [6, 6.07) is 17.5. The molecule has 68 heavy (non-hydrogen) atoms. The van der Waals surface area contributed by atoms with Crippen molar-refractivity contribution in [3.8, 4) is 5.75 Å². The average molecular weight is 984 g/mol. The Hall–Kier alpha value is -7.47.